The van der Waals surface area contributed by atoms with Gasteiger partial charge in [0.1, 0.15) is 11.5 Å². The van der Waals surface area contributed by atoms with Crippen molar-refractivity contribution in [3.63, 3.8) is 0 Å². The molecule has 0 radical (unpaired) electrons. The highest BCUT2D eigenvalue weighted by Crippen LogP contribution is 2.40. The quantitative estimate of drug-likeness (QED) is 0.347. The van der Waals surface area contributed by atoms with Crippen molar-refractivity contribution in [1.29, 1.82) is 0 Å². The highest BCUT2D eigenvalue weighted by Gasteiger charge is 2.46. The second-order valence-electron chi connectivity index (χ2n) is 7.45. The van der Waals surface area contributed by atoms with E-state index in [1.807, 2.05) is 31.2 Å². The van der Waals surface area contributed by atoms with Gasteiger partial charge in [0.2, 0.25) is 0 Å². The largest absolute Gasteiger partial charge is 0.507 e. The average Bonchev–Trinajstić information content (AvgIpc) is 3.41. The molecule has 0 saturated carbocycles. The molecule has 32 heavy (non-hydrogen) atoms. The molecule has 0 aliphatic carbocycles. The standard InChI is InChI=1S/C25H22FNO5/c1-3-15-6-8-16(9-7-15)22-21(23(28)17-10-11-20(31-2)19(26)13-17)24(29)25(30)27(22)14-18-5-4-12-32-18/h4-13,22,28H,3,14H2,1-2H3/b23-21+. The molecular weight excluding hydrogens is 413 g/mol. The summed E-state index contributed by atoms with van der Waals surface area (Å²) in [5.41, 5.74) is 1.72. The van der Waals surface area contributed by atoms with Crippen LogP contribution in [0.3, 0.4) is 0 Å². The lowest BCUT2D eigenvalue weighted by atomic mass is 9.94. The first-order valence-corrected chi connectivity index (χ1v) is 10.2. The summed E-state index contributed by atoms with van der Waals surface area (Å²) < 4.78 is 24.6. The maximum absolute atomic E-state index is 14.3. The van der Waals surface area contributed by atoms with E-state index in [0.717, 1.165) is 18.1 Å². The van der Waals surface area contributed by atoms with Crippen molar-refractivity contribution >= 4 is 17.4 Å². The molecule has 1 fully saturated rings. The van der Waals surface area contributed by atoms with Crippen molar-refractivity contribution < 1.29 is 28.2 Å². The van der Waals surface area contributed by atoms with E-state index < -0.39 is 29.3 Å². The number of aliphatic hydroxyl groups excluding tert-OH is 1. The number of Topliss-reactive ketones (excluding diaryl/α,β-unsaturated/α-hetero) is 1. The molecule has 3 aromatic rings. The molecule has 0 bridgehead atoms. The lowest BCUT2D eigenvalue weighted by Gasteiger charge is -2.24. The molecule has 1 aliphatic rings. The predicted molar refractivity (Wildman–Crippen MR) is 115 cm³/mol. The Kier molecular flexibility index (Phi) is 5.81. The van der Waals surface area contributed by atoms with Crippen molar-refractivity contribution in [2.24, 2.45) is 0 Å². The number of ketones is 1. The van der Waals surface area contributed by atoms with Gasteiger partial charge in [-0.15, -0.1) is 0 Å². The molecule has 1 N–H and O–H groups in total. The molecule has 4 rings (SSSR count). The molecule has 2 heterocycles. The van der Waals surface area contributed by atoms with E-state index in [0.29, 0.717) is 11.3 Å². The van der Waals surface area contributed by atoms with Gasteiger partial charge in [-0.25, -0.2) is 4.39 Å². The number of methoxy groups -OCH3 is 1. The fourth-order valence-corrected chi connectivity index (χ4v) is 3.86. The zero-order valence-corrected chi connectivity index (χ0v) is 17.7. The number of furan rings is 1. The van der Waals surface area contributed by atoms with Crippen LogP contribution in [0, 0.1) is 5.82 Å². The Balaban J connectivity index is 1.85. The number of rotatable bonds is 6. The highest BCUT2D eigenvalue weighted by molar-refractivity contribution is 6.46. The summed E-state index contributed by atoms with van der Waals surface area (Å²) >= 11 is 0. The number of halogens is 1. The van der Waals surface area contributed by atoms with Crippen molar-refractivity contribution in [3.05, 3.63) is 94.7 Å². The Morgan fingerprint density at radius 2 is 1.91 bits per heavy atom. The van der Waals surface area contributed by atoms with Gasteiger partial charge >= 0.3 is 0 Å². The van der Waals surface area contributed by atoms with Gasteiger partial charge in [-0.05, 0) is 47.9 Å². The fraction of sp³-hybridized carbons (Fsp3) is 0.200. The van der Waals surface area contributed by atoms with Gasteiger partial charge in [0, 0.05) is 5.56 Å². The number of likely N-dealkylation sites (tertiary alicyclic amines) is 1. The third kappa shape index (κ3) is 3.77. The van der Waals surface area contributed by atoms with Crippen molar-refractivity contribution in [2.75, 3.05) is 7.11 Å². The van der Waals surface area contributed by atoms with E-state index in [9.17, 15) is 19.1 Å². The minimum absolute atomic E-state index is 0.00604. The number of amides is 1. The summed E-state index contributed by atoms with van der Waals surface area (Å²) in [4.78, 5) is 27.3. The zero-order valence-electron chi connectivity index (χ0n) is 17.7. The van der Waals surface area contributed by atoms with Gasteiger partial charge in [-0.2, -0.15) is 0 Å². The number of nitrogens with zero attached hydrogens (tertiary/aromatic N) is 1. The predicted octanol–water partition coefficient (Wildman–Crippen LogP) is 4.61. The third-order valence-electron chi connectivity index (χ3n) is 5.58. The second-order valence-corrected chi connectivity index (χ2v) is 7.45. The zero-order chi connectivity index (χ0) is 22.8. The van der Waals surface area contributed by atoms with E-state index in [2.05, 4.69) is 0 Å². The van der Waals surface area contributed by atoms with Crippen LogP contribution in [0.5, 0.6) is 5.75 Å². The first-order valence-electron chi connectivity index (χ1n) is 10.2. The first-order chi connectivity index (χ1) is 15.4. The SMILES string of the molecule is CCc1ccc(C2/C(=C(\O)c3ccc(OC)c(F)c3)C(=O)C(=O)N2Cc2ccco2)cc1. The molecule has 1 unspecified atom stereocenters. The van der Waals surface area contributed by atoms with Gasteiger partial charge in [-0.1, -0.05) is 31.2 Å². The molecule has 1 atom stereocenters. The van der Waals surface area contributed by atoms with Crippen LogP contribution < -0.4 is 4.74 Å². The van der Waals surface area contributed by atoms with Crippen LogP contribution in [-0.4, -0.2) is 28.8 Å². The van der Waals surface area contributed by atoms with Gasteiger partial charge in [0.15, 0.2) is 11.6 Å². The van der Waals surface area contributed by atoms with Crippen molar-refractivity contribution in [2.45, 2.75) is 25.9 Å². The number of ether oxygens (including phenoxy) is 1. The molecule has 1 amide bonds. The molecule has 7 heteroatoms. The molecule has 164 valence electrons. The number of hydrogen-bond acceptors (Lipinski definition) is 5. The monoisotopic (exact) mass is 435 g/mol. The Hall–Kier alpha value is -3.87. The molecule has 1 saturated heterocycles. The maximum Gasteiger partial charge on any atom is 0.296 e. The fourth-order valence-electron chi connectivity index (χ4n) is 3.86. The van der Waals surface area contributed by atoms with E-state index in [1.165, 1.54) is 30.4 Å². The van der Waals surface area contributed by atoms with Crippen LogP contribution in [0.15, 0.2) is 70.9 Å². The van der Waals surface area contributed by atoms with E-state index in [4.69, 9.17) is 9.15 Å². The van der Waals surface area contributed by atoms with E-state index >= 15 is 0 Å². The highest BCUT2D eigenvalue weighted by atomic mass is 19.1. The first kappa shape index (κ1) is 21.4. The van der Waals surface area contributed by atoms with Gasteiger partial charge in [0.25, 0.3) is 11.7 Å². The summed E-state index contributed by atoms with van der Waals surface area (Å²) in [5.74, 6) is -2.23. The van der Waals surface area contributed by atoms with Crippen LogP contribution in [0.25, 0.3) is 5.76 Å². The number of hydrogen-bond donors (Lipinski definition) is 1. The minimum Gasteiger partial charge on any atom is -0.507 e. The molecule has 1 aliphatic heterocycles. The van der Waals surface area contributed by atoms with Gasteiger partial charge < -0.3 is 19.2 Å². The molecular formula is C25H22FNO5. The number of carbonyl (C=O) groups is 2. The summed E-state index contributed by atoms with van der Waals surface area (Å²) in [5, 5.41) is 11.0. The topological polar surface area (TPSA) is 80.0 Å². The summed E-state index contributed by atoms with van der Waals surface area (Å²) in [6, 6.07) is 13.9. The Bertz CT molecular complexity index is 1180. The van der Waals surface area contributed by atoms with E-state index in [1.54, 1.807) is 12.1 Å². The number of carbonyl (C=O) groups excluding carboxylic acids is 2. The van der Waals surface area contributed by atoms with Crippen molar-refractivity contribution in [3.8, 4) is 5.75 Å². The second kappa shape index (κ2) is 8.70. The molecule has 1 aromatic heterocycles. The van der Waals surface area contributed by atoms with Crippen LogP contribution in [0.1, 0.15) is 35.4 Å². The van der Waals surface area contributed by atoms with Crippen LogP contribution >= 0.6 is 0 Å². The van der Waals surface area contributed by atoms with E-state index in [-0.39, 0.29) is 23.4 Å². The lowest BCUT2D eigenvalue weighted by Crippen LogP contribution is -2.29. The van der Waals surface area contributed by atoms with Gasteiger partial charge in [-0.3, -0.25) is 9.59 Å². The Labute approximate surface area is 184 Å². The molecule has 0 spiro atoms. The third-order valence-corrected chi connectivity index (χ3v) is 5.58. The minimum atomic E-state index is -0.851. The summed E-state index contributed by atoms with van der Waals surface area (Å²) in [6.45, 7) is 2.07. The Morgan fingerprint density at radius 1 is 1.16 bits per heavy atom. The summed E-state index contributed by atoms with van der Waals surface area (Å²) in [7, 11) is 1.33. The average molecular weight is 435 g/mol. The smallest absolute Gasteiger partial charge is 0.296 e. The molecule has 6 nitrogen and oxygen atoms in total. The lowest BCUT2D eigenvalue weighted by molar-refractivity contribution is -0.140. The Morgan fingerprint density at radius 3 is 2.50 bits per heavy atom. The number of aryl methyl sites for hydroxylation is 1. The number of benzene rings is 2. The van der Waals surface area contributed by atoms with Crippen LogP contribution in [0.4, 0.5) is 4.39 Å². The number of aliphatic hydroxyl groups is 1. The van der Waals surface area contributed by atoms with Crippen molar-refractivity contribution in [1.82, 2.24) is 4.90 Å². The molecule has 2 aromatic carbocycles. The maximum atomic E-state index is 14.3. The van der Waals surface area contributed by atoms with Gasteiger partial charge in [0.05, 0.1) is 31.5 Å². The van der Waals surface area contributed by atoms with Crippen LogP contribution in [-0.2, 0) is 22.6 Å². The normalized spacial score (nSPS) is 17.7. The van der Waals surface area contributed by atoms with Crippen LogP contribution in [0.2, 0.25) is 0 Å². The summed E-state index contributed by atoms with van der Waals surface area (Å²) in [6.07, 6.45) is 2.31.